The molecule has 16 heavy (non-hydrogen) atoms. The molecule has 0 heterocycles. The largest absolute Gasteiger partial charge is 0.511 e. The molecule has 0 saturated heterocycles. The van der Waals surface area contributed by atoms with Crippen LogP contribution >= 0.6 is 0 Å². The number of aliphatic hydroxyl groups is 5. The molecule has 4 atom stereocenters. The van der Waals surface area contributed by atoms with Crippen molar-refractivity contribution in [2.75, 3.05) is 19.8 Å². The van der Waals surface area contributed by atoms with Gasteiger partial charge in [0, 0.05) is 12.5 Å². The van der Waals surface area contributed by atoms with Crippen molar-refractivity contribution in [3.8, 4) is 0 Å². The lowest BCUT2D eigenvalue weighted by atomic mass is 9.71. The van der Waals surface area contributed by atoms with Gasteiger partial charge in [-0.15, -0.1) is 0 Å². The first-order chi connectivity index (χ1) is 7.43. The van der Waals surface area contributed by atoms with Crippen LogP contribution in [0.2, 0.25) is 0 Å². The number of hydrogen-bond donors (Lipinski definition) is 7. The van der Waals surface area contributed by atoms with E-state index in [2.05, 4.69) is 0 Å². The highest BCUT2D eigenvalue weighted by Gasteiger charge is 2.52. The van der Waals surface area contributed by atoms with E-state index in [1.165, 1.54) is 0 Å². The van der Waals surface area contributed by atoms with Crippen molar-refractivity contribution in [3.05, 3.63) is 11.3 Å². The molecule has 1 rings (SSSR count). The molecule has 0 bridgehead atoms. The van der Waals surface area contributed by atoms with E-state index in [0.29, 0.717) is 0 Å². The Labute approximate surface area is 92.6 Å². The van der Waals surface area contributed by atoms with Gasteiger partial charge in [0.1, 0.15) is 17.5 Å². The van der Waals surface area contributed by atoms with Gasteiger partial charge < -0.3 is 37.0 Å². The Balaban J connectivity index is 3.26. The van der Waals surface area contributed by atoms with Gasteiger partial charge in [0.25, 0.3) is 0 Å². The van der Waals surface area contributed by atoms with Crippen LogP contribution in [-0.4, -0.2) is 63.0 Å². The normalized spacial score (nSPS) is 40.2. The average molecular weight is 234 g/mol. The van der Waals surface area contributed by atoms with Crippen molar-refractivity contribution >= 4 is 0 Å². The predicted molar refractivity (Wildman–Crippen MR) is 55.3 cm³/mol. The zero-order valence-corrected chi connectivity index (χ0v) is 8.74. The smallest absolute Gasteiger partial charge is 0.124 e. The summed E-state index contributed by atoms with van der Waals surface area (Å²) < 4.78 is 0. The van der Waals surface area contributed by atoms with Crippen molar-refractivity contribution in [1.29, 1.82) is 0 Å². The van der Waals surface area contributed by atoms with Crippen LogP contribution in [0.5, 0.6) is 0 Å². The van der Waals surface area contributed by atoms with Gasteiger partial charge in [-0.1, -0.05) is 0 Å². The maximum absolute atomic E-state index is 10.1. The molecule has 94 valence electrons. The average Bonchev–Trinajstić information content (AvgIpc) is 2.30. The Morgan fingerprint density at radius 1 is 1.31 bits per heavy atom. The van der Waals surface area contributed by atoms with Gasteiger partial charge in [0.2, 0.25) is 0 Å². The van der Waals surface area contributed by atoms with E-state index >= 15 is 0 Å². The van der Waals surface area contributed by atoms with Gasteiger partial charge >= 0.3 is 0 Å². The minimum Gasteiger partial charge on any atom is -0.511 e. The molecule has 1 aliphatic rings. The van der Waals surface area contributed by atoms with Gasteiger partial charge in [-0.05, 0) is 5.57 Å². The highest BCUT2D eigenvalue weighted by molar-refractivity contribution is 5.29. The molecule has 0 aromatic carbocycles. The fraction of sp³-hybridized carbons (Fsp3) is 0.778. The first kappa shape index (κ1) is 13.4. The Morgan fingerprint density at radius 2 is 1.88 bits per heavy atom. The molecule has 0 aromatic rings. The molecular formula is C9H18N2O5. The molecule has 9 N–H and O–H groups in total. The molecule has 1 aliphatic carbocycles. The minimum absolute atomic E-state index is 0.125. The van der Waals surface area contributed by atoms with Gasteiger partial charge in [-0.25, -0.2) is 0 Å². The zero-order valence-electron chi connectivity index (χ0n) is 8.74. The van der Waals surface area contributed by atoms with Crippen LogP contribution in [0.1, 0.15) is 0 Å². The van der Waals surface area contributed by atoms with E-state index in [1.54, 1.807) is 0 Å². The molecule has 0 unspecified atom stereocenters. The van der Waals surface area contributed by atoms with Crippen LogP contribution in [0.15, 0.2) is 11.3 Å². The Morgan fingerprint density at radius 3 is 2.25 bits per heavy atom. The van der Waals surface area contributed by atoms with Crippen LogP contribution in [0.25, 0.3) is 0 Å². The first-order valence-corrected chi connectivity index (χ1v) is 4.93. The summed E-state index contributed by atoms with van der Waals surface area (Å²) in [6, 6.07) is -1.22. The molecular weight excluding hydrogens is 216 g/mol. The highest BCUT2D eigenvalue weighted by atomic mass is 16.4. The van der Waals surface area contributed by atoms with E-state index in [0.717, 1.165) is 0 Å². The lowest BCUT2D eigenvalue weighted by Gasteiger charge is -2.45. The summed E-state index contributed by atoms with van der Waals surface area (Å²) in [5.74, 6) is -1.37. The second-order valence-electron chi connectivity index (χ2n) is 3.97. The summed E-state index contributed by atoms with van der Waals surface area (Å²) in [5.41, 5.74) is 9.03. The van der Waals surface area contributed by atoms with Crippen molar-refractivity contribution < 1.29 is 25.5 Å². The minimum atomic E-state index is -1.99. The van der Waals surface area contributed by atoms with E-state index in [4.69, 9.17) is 21.7 Å². The first-order valence-electron chi connectivity index (χ1n) is 4.93. The Hall–Kier alpha value is -0.700. The summed E-state index contributed by atoms with van der Waals surface area (Å²) in [5, 5.41) is 47.7. The van der Waals surface area contributed by atoms with Crippen LogP contribution in [0.4, 0.5) is 0 Å². The molecule has 0 saturated carbocycles. The van der Waals surface area contributed by atoms with Gasteiger partial charge in [0.05, 0.1) is 19.3 Å². The predicted octanol–water partition coefficient (Wildman–Crippen LogP) is -3.21. The number of hydrogen-bond acceptors (Lipinski definition) is 7. The molecule has 0 amide bonds. The van der Waals surface area contributed by atoms with Crippen molar-refractivity contribution in [2.45, 2.75) is 17.7 Å². The zero-order chi connectivity index (χ0) is 12.5. The fourth-order valence-electron chi connectivity index (χ4n) is 2.08. The summed E-state index contributed by atoms with van der Waals surface area (Å²) in [4.78, 5) is 0. The van der Waals surface area contributed by atoms with Gasteiger partial charge in [-0.3, -0.25) is 0 Å². The third-order valence-electron chi connectivity index (χ3n) is 3.18. The quantitative estimate of drug-likeness (QED) is 0.271. The Kier molecular flexibility index (Phi) is 3.89. The van der Waals surface area contributed by atoms with E-state index < -0.39 is 36.9 Å². The number of rotatable bonds is 3. The van der Waals surface area contributed by atoms with Crippen molar-refractivity contribution in [2.24, 2.45) is 17.4 Å². The van der Waals surface area contributed by atoms with Crippen molar-refractivity contribution in [3.63, 3.8) is 0 Å². The third kappa shape index (κ3) is 1.71. The fourth-order valence-corrected chi connectivity index (χ4v) is 2.08. The lowest BCUT2D eigenvalue weighted by Crippen LogP contribution is -2.64. The monoisotopic (exact) mass is 234 g/mol. The Bertz CT molecular complexity index is 296. The second-order valence-corrected chi connectivity index (χ2v) is 3.97. The molecule has 0 fully saturated rings. The highest BCUT2D eigenvalue weighted by Crippen LogP contribution is 2.36. The van der Waals surface area contributed by atoms with Crippen molar-refractivity contribution in [1.82, 2.24) is 0 Å². The van der Waals surface area contributed by atoms with Crippen LogP contribution in [-0.2, 0) is 0 Å². The van der Waals surface area contributed by atoms with Crippen LogP contribution in [0.3, 0.4) is 0 Å². The number of nitrogens with two attached hydrogens (primary N) is 2. The lowest BCUT2D eigenvalue weighted by molar-refractivity contribution is -0.155. The van der Waals surface area contributed by atoms with Crippen LogP contribution < -0.4 is 11.5 Å². The molecule has 7 heteroatoms. The summed E-state index contributed by atoms with van der Waals surface area (Å²) >= 11 is 0. The van der Waals surface area contributed by atoms with Crippen LogP contribution in [0, 0.1) is 5.92 Å². The van der Waals surface area contributed by atoms with Gasteiger partial charge in [0.15, 0.2) is 0 Å². The summed E-state index contributed by atoms with van der Waals surface area (Å²) in [6.07, 6.45) is -1.56. The van der Waals surface area contributed by atoms with E-state index in [-0.39, 0.29) is 17.9 Å². The second kappa shape index (κ2) is 4.66. The maximum atomic E-state index is 10.1. The SMILES string of the molecule is NCC1=C(O)[C@H](N)[C@@H](O)[C@@](O)(CO)[C@H]1CO. The molecule has 7 nitrogen and oxygen atoms in total. The maximum Gasteiger partial charge on any atom is 0.124 e. The molecule has 0 aliphatic heterocycles. The molecule has 0 radical (unpaired) electrons. The molecule has 0 aromatic heterocycles. The molecule has 0 spiro atoms. The third-order valence-corrected chi connectivity index (χ3v) is 3.18. The van der Waals surface area contributed by atoms with E-state index in [9.17, 15) is 15.3 Å². The van der Waals surface area contributed by atoms with Gasteiger partial charge in [-0.2, -0.15) is 0 Å². The summed E-state index contributed by atoms with van der Waals surface area (Å²) in [6.45, 7) is -1.47. The number of aliphatic hydroxyl groups excluding tert-OH is 4. The standard InChI is InChI=1S/C9H18N2O5/c10-1-4-5(2-12)9(16,3-13)8(15)6(11)7(4)14/h5-6,8,12-16H,1-3,10-11H2/t5-,6-,8+,9+/m0/s1. The topological polar surface area (TPSA) is 153 Å². The van der Waals surface area contributed by atoms with E-state index in [1.807, 2.05) is 0 Å². The summed E-state index contributed by atoms with van der Waals surface area (Å²) in [7, 11) is 0.